The molecule has 2 aliphatic heterocycles. The fourth-order valence-corrected chi connectivity index (χ4v) is 8.63. The summed E-state index contributed by atoms with van der Waals surface area (Å²) in [5.74, 6) is -3.78. The summed E-state index contributed by atoms with van der Waals surface area (Å²) in [6, 6.07) is 16.5. The van der Waals surface area contributed by atoms with Gasteiger partial charge < -0.3 is 51.1 Å². The number of carboxylic acid groups (broad SMARTS) is 2. The molecule has 2 saturated heterocycles. The minimum absolute atomic E-state index is 0.0556. The van der Waals surface area contributed by atoms with E-state index in [-0.39, 0.29) is 24.6 Å². The van der Waals surface area contributed by atoms with E-state index >= 15 is 0 Å². The minimum atomic E-state index is -1.27. The first-order valence-corrected chi connectivity index (χ1v) is 22.2. The van der Waals surface area contributed by atoms with Crippen LogP contribution in [0.25, 0.3) is 18.2 Å². The van der Waals surface area contributed by atoms with Crippen molar-refractivity contribution in [2.24, 2.45) is 4.99 Å². The molecule has 328 valence electrons. The lowest BCUT2D eigenvalue weighted by Gasteiger charge is -2.17. The second kappa shape index (κ2) is 23.5. The number of aliphatic hydroxyl groups is 4. The van der Waals surface area contributed by atoms with Crippen LogP contribution in [0.15, 0.2) is 108 Å². The molecule has 18 heteroatoms. The number of aromatic nitrogens is 1. The first-order valence-electron chi connectivity index (χ1n) is 19.7. The zero-order valence-corrected chi connectivity index (χ0v) is 35.4. The molecule has 6 atom stereocenters. The normalized spacial score (nSPS) is 20.2. The lowest BCUT2D eigenvalue weighted by Crippen LogP contribution is -2.49. The summed E-state index contributed by atoms with van der Waals surface area (Å²) < 4.78 is 1.61. The minimum Gasteiger partial charge on any atom is -0.480 e. The molecule has 2 aromatic carbocycles. The van der Waals surface area contributed by atoms with Crippen molar-refractivity contribution in [3.05, 3.63) is 120 Å². The second-order valence-electron chi connectivity index (χ2n) is 14.6. The van der Waals surface area contributed by atoms with Gasteiger partial charge in [0.2, 0.25) is 12.5 Å². The Morgan fingerprint density at radius 1 is 0.694 bits per heavy atom. The lowest BCUT2D eigenvalue weighted by atomic mass is 10.1. The maximum atomic E-state index is 12.7. The molecule has 1 aromatic heterocycles. The maximum absolute atomic E-state index is 12.7. The van der Waals surface area contributed by atoms with E-state index in [0.717, 1.165) is 49.7 Å². The molecule has 0 spiro atoms. The standard InChI is InChI=1S/C44H50N6O10S2/c1-2-29(3-4-30-7-11-33(12-8-30)49-22-37(51)38(52)23-49)15-18-45-21-41(55)46-35(43(57)58)27-61-62-28-36(44(59)60)47-42(56)26-48-19-16-32(17-20-48)6-5-31-9-13-34(14-10-31)50-24-39(53)40(54)25-50/h2-20,35-40,51-54H,1,21-28H2,(H3-,46,47,55,56,57,58,59,60)/p+1/b4-3+,29-15+,45-18+. The van der Waals surface area contributed by atoms with E-state index in [4.69, 9.17) is 0 Å². The van der Waals surface area contributed by atoms with Crippen molar-refractivity contribution in [3.8, 4) is 0 Å². The van der Waals surface area contributed by atoms with Gasteiger partial charge in [-0.25, -0.2) is 9.59 Å². The Morgan fingerprint density at radius 2 is 1.13 bits per heavy atom. The van der Waals surface area contributed by atoms with Crippen LogP contribution in [0.4, 0.5) is 11.4 Å². The highest BCUT2D eigenvalue weighted by molar-refractivity contribution is 8.76. The van der Waals surface area contributed by atoms with Crippen molar-refractivity contribution in [1.82, 2.24) is 10.6 Å². The smallest absolute Gasteiger partial charge is 0.327 e. The van der Waals surface area contributed by atoms with Crippen LogP contribution in [0.3, 0.4) is 0 Å². The Kier molecular flexibility index (Phi) is 17.9. The molecule has 3 aromatic rings. The molecule has 0 radical (unpaired) electrons. The van der Waals surface area contributed by atoms with Crippen molar-refractivity contribution >= 4 is 81.2 Å². The van der Waals surface area contributed by atoms with Gasteiger partial charge in [-0.1, -0.05) is 82.8 Å². The molecule has 16 nitrogen and oxygen atoms in total. The number of carbonyl (C=O) groups excluding carboxylic acids is 2. The van der Waals surface area contributed by atoms with Gasteiger partial charge in [0.05, 0.1) is 24.4 Å². The summed E-state index contributed by atoms with van der Waals surface area (Å²) >= 11 is 0. The van der Waals surface area contributed by atoms with Gasteiger partial charge in [-0.15, -0.1) is 0 Å². The SMILES string of the molecule is C=CC(/C=C/c1ccc(N2CC(O)C(O)C2)cc1)=C\C=N\CC(=O)NC(CSSCC(NC(=O)C[n+]1ccc(/C=C/c2ccc(N3CC(O)C(O)C3)cc2)cc1)C(=O)O)C(=O)O. The largest absolute Gasteiger partial charge is 0.480 e. The van der Waals surface area contributed by atoms with E-state index in [1.807, 2.05) is 94.8 Å². The van der Waals surface area contributed by atoms with Gasteiger partial charge in [0.25, 0.3) is 5.91 Å². The number of carboxylic acids is 2. The van der Waals surface area contributed by atoms with E-state index in [0.29, 0.717) is 31.8 Å². The first-order chi connectivity index (χ1) is 29.8. The fourth-order valence-electron chi connectivity index (χ4n) is 6.32. The van der Waals surface area contributed by atoms with Crippen molar-refractivity contribution in [2.45, 2.75) is 43.0 Å². The Morgan fingerprint density at radius 3 is 1.58 bits per heavy atom. The quantitative estimate of drug-likeness (QED) is 0.0250. The molecule has 3 heterocycles. The van der Waals surface area contributed by atoms with Gasteiger partial charge in [-0.05, 0) is 52.6 Å². The summed E-state index contributed by atoms with van der Waals surface area (Å²) in [5, 5.41) is 63.5. The average Bonchev–Trinajstić information content (AvgIpc) is 3.78. The zero-order valence-electron chi connectivity index (χ0n) is 33.7. The van der Waals surface area contributed by atoms with Gasteiger partial charge in [-0.3, -0.25) is 14.6 Å². The molecule has 2 amide bonds. The molecule has 2 fully saturated rings. The lowest BCUT2D eigenvalue weighted by molar-refractivity contribution is -0.684. The number of anilines is 2. The highest BCUT2D eigenvalue weighted by Crippen LogP contribution is 2.25. The van der Waals surface area contributed by atoms with E-state index in [1.54, 1.807) is 29.1 Å². The summed E-state index contributed by atoms with van der Waals surface area (Å²) in [4.78, 5) is 56.9. The maximum Gasteiger partial charge on any atom is 0.327 e. The Hall–Kier alpha value is -5.76. The highest BCUT2D eigenvalue weighted by Gasteiger charge is 2.30. The first kappa shape index (κ1) is 47.3. The number of hydrogen-bond donors (Lipinski definition) is 8. The number of rotatable bonds is 21. The summed E-state index contributed by atoms with van der Waals surface area (Å²) in [6.45, 7) is 4.82. The highest BCUT2D eigenvalue weighted by atomic mass is 33.1. The Bertz CT molecular complexity index is 2110. The molecule has 5 rings (SSSR count). The Labute approximate surface area is 367 Å². The number of nitrogens with zero attached hydrogens (tertiary/aromatic N) is 4. The van der Waals surface area contributed by atoms with Crippen LogP contribution < -0.4 is 25.0 Å². The number of nitrogens with one attached hydrogen (secondary N) is 2. The summed E-state index contributed by atoms with van der Waals surface area (Å²) in [7, 11) is 2.11. The van der Waals surface area contributed by atoms with Crippen LogP contribution in [-0.4, -0.2) is 141 Å². The van der Waals surface area contributed by atoms with Gasteiger partial charge in [-0.2, -0.15) is 4.57 Å². The van der Waals surface area contributed by atoms with Crippen LogP contribution in [0, 0.1) is 0 Å². The third-order valence-electron chi connectivity index (χ3n) is 9.88. The molecular formula is C44H51N6O10S2+. The number of β-amino-alcohol motifs (C(OH)–C–C–N with tert-alkyl or cyclic N) is 4. The van der Waals surface area contributed by atoms with Crippen LogP contribution in [-0.2, 0) is 25.7 Å². The van der Waals surface area contributed by atoms with Crippen LogP contribution >= 0.6 is 21.6 Å². The monoisotopic (exact) mass is 887 g/mol. The molecule has 8 N–H and O–H groups in total. The number of hydrogen-bond acceptors (Lipinski definition) is 13. The number of aliphatic carboxylic acids is 2. The summed E-state index contributed by atoms with van der Waals surface area (Å²) in [6.07, 6.45) is 12.5. The topological polar surface area (TPSA) is 236 Å². The van der Waals surface area contributed by atoms with Crippen LogP contribution in [0.5, 0.6) is 0 Å². The second-order valence-corrected chi connectivity index (χ2v) is 17.1. The van der Waals surface area contributed by atoms with Crippen LogP contribution in [0.2, 0.25) is 0 Å². The average molecular weight is 888 g/mol. The van der Waals surface area contributed by atoms with Crippen molar-refractivity contribution in [1.29, 1.82) is 0 Å². The number of carbonyl (C=O) groups is 4. The molecule has 62 heavy (non-hydrogen) atoms. The number of benzene rings is 2. The number of amides is 2. The van der Waals surface area contributed by atoms with Gasteiger partial charge >= 0.3 is 11.9 Å². The molecule has 6 unspecified atom stereocenters. The number of aliphatic hydroxyl groups excluding tert-OH is 4. The molecule has 2 aliphatic rings. The third kappa shape index (κ3) is 14.7. The van der Waals surface area contributed by atoms with Crippen molar-refractivity contribution in [2.75, 3.05) is 54.0 Å². The third-order valence-corrected chi connectivity index (χ3v) is 12.3. The molecular weight excluding hydrogens is 837 g/mol. The van der Waals surface area contributed by atoms with Crippen molar-refractivity contribution in [3.63, 3.8) is 0 Å². The van der Waals surface area contributed by atoms with E-state index < -0.39 is 60.3 Å². The van der Waals surface area contributed by atoms with E-state index in [9.17, 15) is 49.8 Å². The number of allylic oxidation sites excluding steroid dienone is 4. The van der Waals surface area contributed by atoms with Gasteiger partial charge in [0.1, 0.15) is 18.6 Å². The predicted molar refractivity (Wildman–Crippen MR) is 242 cm³/mol. The zero-order chi connectivity index (χ0) is 44.6. The number of aliphatic imine (C=N–C) groups is 1. The predicted octanol–water partition coefficient (Wildman–Crippen LogP) is 1.64. The molecule has 0 bridgehead atoms. The van der Waals surface area contributed by atoms with Crippen molar-refractivity contribution < 1.29 is 54.4 Å². The van der Waals surface area contributed by atoms with Crippen LogP contribution in [0.1, 0.15) is 16.7 Å². The summed E-state index contributed by atoms with van der Waals surface area (Å²) in [5.41, 5.74) is 5.24. The van der Waals surface area contributed by atoms with Gasteiger partial charge in [0, 0.05) is 67.4 Å². The van der Waals surface area contributed by atoms with E-state index in [1.165, 1.54) is 6.21 Å². The molecule has 0 saturated carbocycles. The number of pyridine rings is 1. The van der Waals surface area contributed by atoms with E-state index in [2.05, 4.69) is 22.2 Å². The fraction of sp³-hybridized carbons (Fsp3) is 0.318. The Balaban J connectivity index is 0.996. The van der Waals surface area contributed by atoms with Gasteiger partial charge in [0.15, 0.2) is 12.4 Å². The molecule has 0 aliphatic carbocycles.